The molecule has 0 bridgehead atoms. The van der Waals surface area contributed by atoms with Crippen LogP contribution in [-0.2, 0) is 21.0 Å². The first kappa shape index (κ1) is 22.5. The molecule has 0 aliphatic heterocycles. The third-order valence-corrected chi connectivity index (χ3v) is 6.01. The van der Waals surface area contributed by atoms with Crippen LogP contribution in [0.2, 0.25) is 0 Å². The van der Waals surface area contributed by atoms with Crippen molar-refractivity contribution in [1.82, 2.24) is 0 Å². The summed E-state index contributed by atoms with van der Waals surface area (Å²) in [5.41, 5.74) is 5.49. The van der Waals surface area contributed by atoms with Gasteiger partial charge in [-0.15, -0.1) is 0 Å². The topological polar surface area (TPSA) is 37.3 Å². The van der Waals surface area contributed by atoms with Crippen LogP contribution < -0.4 is 0 Å². The largest absolute Gasteiger partial charge is 0.478 e. The lowest BCUT2D eigenvalue weighted by Crippen LogP contribution is -2.20. The number of allylic oxidation sites excluding steroid dienone is 3. The molecule has 0 amide bonds. The first-order chi connectivity index (χ1) is 12.8. The zero-order valence-corrected chi connectivity index (χ0v) is 19.0. The van der Waals surface area contributed by atoms with E-state index in [1.165, 1.54) is 29.2 Å². The normalized spacial score (nSPS) is 23.3. The number of hydrogen-bond acceptors (Lipinski definition) is 1. The van der Waals surface area contributed by atoms with Crippen molar-refractivity contribution in [3.05, 3.63) is 58.7 Å². The third-order valence-electron chi connectivity index (χ3n) is 6.01. The van der Waals surface area contributed by atoms with Crippen LogP contribution in [0.3, 0.4) is 0 Å². The van der Waals surface area contributed by atoms with Crippen LogP contribution in [0.15, 0.2) is 42.0 Å². The Morgan fingerprint density at radius 3 is 2.07 bits per heavy atom. The molecule has 154 valence electrons. The number of hydrogen-bond donors (Lipinski definition) is 1. The quantitative estimate of drug-likeness (QED) is 0.428. The summed E-state index contributed by atoms with van der Waals surface area (Å²) < 4.78 is 0. The van der Waals surface area contributed by atoms with Gasteiger partial charge < -0.3 is 5.11 Å². The Kier molecular flexibility index (Phi) is 6.33. The summed E-state index contributed by atoms with van der Waals surface area (Å²) in [6.07, 6.45) is 8.95. The molecule has 2 unspecified atom stereocenters. The molecule has 1 fully saturated rings. The van der Waals surface area contributed by atoms with Crippen molar-refractivity contribution in [2.75, 3.05) is 0 Å². The second-order valence-electron chi connectivity index (χ2n) is 10.6. The summed E-state index contributed by atoms with van der Waals surface area (Å²) in [7, 11) is 0. The Balaban J connectivity index is 2.47. The highest BCUT2D eigenvalue weighted by molar-refractivity contribution is 5.81. The van der Waals surface area contributed by atoms with Crippen molar-refractivity contribution in [3.8, 4) is 0 Å². The van der Waals surface area contributed by atoms with Crippen molar-refractivity contribution in [3.63, 3.8) is 0 Å². The van der Waals surface area contributed by atoms with E-state index < -0.39 is 5.97 Å². The summed E-state index contributed by atoms with van der Waals surface area (Å²) in [6, 6.07) is 7.24. The van der Waals surface area contributed by atoms with Crippen molar-refractivity contribution in [2.24, 2.45) is 5.92 Å². The lowest BCUT2D eigenvalue weighted by molar-refractivity contribution is -0.131. The van der Waals surface area contributed by atoms with Gasteiger partial charge in [0.2, 0.25) is 0 Å². The van der Waals surface area contributed by atoms with Gasteiger partial charge in [-0.25, -0.2) is 4.79 Å². The van der Waals surface area contributed by atoms with E-state index in [4.69, 9.17) is 5.11 Å². The molecule has 0 aromatic heterocycles. The predicted molar refractivity (Wildman–Crippen MR) is 119 cm³/mol. The molecule has 1 aliphatic rings. The van der Waals surface area contributed by atoms with Crippen LogP contribution in [0.1, 0.15) is 91.3 Å². The van der Waals surface area contributed by atoms with Gasteiger partial charge in [0.05, 0.1) is 0 Å². The SMILES string of the molecule is CCCC1(c2cc(C(C)(C)C)cc(C(C)(C)C)c2)CC1/C=C/C(C)=C/C(=O)O. The lowest BCUT2D eigenvalue weighted by atomic mass is 9.76. The summed E-state index contributed by atoms with van der Waals surface area (Å²) in [5.74, 6) is -0.405. The minimum atomic E-state index is -0.884. The number of carboxylic acid groups (broad SMARTS) is 1. The number of carbonyl (C=O) groups is 1. The standard InChI is InChI=1S/C26H38O2/c1-9-12-26(17-19(26)11-10-18(2)13-23(27)28)22-15-20(24(3,4)5)14-21(16-22)25(6,7)8/h10-11,13-16,19H,9,12,17H2,1-8H3,(H,27,28)/b11-10+,18-13+. The van der Waals surface area contributed by atoms with E-state index in [1.54, 1.807) is 0 Å². The number of carboxylic acids is 1. The fourth-order valence-corrected chi connectivity index (χ4v) is 4.09. The number of benzene rings is 1. The zero-order valence-electron chi connectivity index (χ0n) is 19.0. The average Bonchev–Trinajstić information content (AvgIpc) is 3.25. The van der Waals surface area contributed by atoms with Crippen molar-refractivity contribution < 1.29 is 9.90 Å². The highest BCUT2D eigenvalue weighted by Crippen LogP contribution is 2.59. The lowest BCUT2D eigenvalue weighted by Gasteiger charge is -2.28. The molecule has 0 saturated heterocycles. The van der Waals surface area contributed by atoms with Gasteiger partial charge in [0.25, 0.3) is 0 Å². The van der Waals surface area contributed by atoms with Gasteiger partial charge >= 0.3 is 5.97 Å². The summed E-state index contributed by atoms with van der Waals surface area (Å²) in [5, 5.41) is 8.93. The fourth-order valence-electron chi connectivity index (χ4n) is 4.09. The Bertz CT molecular complexity index is 751. The van der Waals surface area contributed by atoms with E-state index >= 15 is 0 Å². The Hall–Kier alpha value is -1.83. The monoisotopic (exact) mass is 382 g/mol. The van der Waals surface area contributed by atoms with Gasteiger partial charge in [-0.05, 0) is 58.8 Å². The van der Waals surface area contributed by atoms with E-state index in [9.17, 15) is 4.79 Å². The first-order valence-corrected chi connectivity index (χ1v) is 10.6. The van der Waals surface area contributed by atoms with E-state index in [0.29, 0.717) is 5.92 Å². The number of rotatable bonds is 6. The van der Waals surface area contributed by atoms with Crippen LogP contribution in [-0.4, -0.2) is 11.1 Å². The van der Waals surface area contributed by atoms with Crippen molar-refractivity contribution in [1.29, 1.82) is 0 Å². The second kappa shape index (κ2) is 7.89. The molecule has 1 aromatic rings. The molecule has 2 rings (SSSR count). The minimum absolute atomic E-state index is 0.116. The molecule has 0 radical (unpaired) electrons. The maximum absolute atomic E-state index is 10.9. The van der Waals surface area contributed by atoms with Gasteiger partial charge in [-0.3, -0.25) is 0 Å². The molecule has 1 aliphatic carbocycles. The fraction of sp³-hybridized carbons (Fsp3) is 0.577. The molecule has 2 heteroatoms. The molecule has 2 atom stereocenters. The average molecular weight is 383 g/mol. The van der Waals surface area contributed by atoms with E-state index in [1.807, 2.05) is 13.0 Å². The summed E-state index contributed by atoms with van der Waals surface area (Å²) >= 11 is 0. The van der Waals surface area contributed by atoms with Crippen molar-refractivity contribution >= 4 is 5.97 Å². The number of aliphatic carboxylic acids is 1. The minimum Gasteiger partial charge on any atom is -0.478 e. The molecule has 1 saturated carbocycles. The van der Waals surface area contributed by atoms with Gasteiger partial charge in [0, 0.05) is 11.5 Å². The third kappa shape index (κ3) is 5.16. The molecule has 1 N–H and O–H groups in total. The van der Waals surface area contributed by atoms with Crippen LogP contribution in [0.25, 0.3) is 0 Å². The maximum atomic E-state index is 10.9. The Labute approximate surface area is 171 Å². The van der Waals surface area contributed by atoms with Gasteiger partial charge in [-0.1, -0.05) is 85.2 Å². The molecule has 28 heavy (non-hydrogen) atoms. The van der Waals surface area contributed by atoms with Gasteiger partial charge in [-0.2, -0.15) is 0 Å². The van der Waals surface area contributed by atoms with Crippen LogP contribution in [0.4, 0.5) is 0 Å². The molecule has 1 aromatic carbocycles. The predicted octanol–water partition coefficient (Wildman–Crippen LogP) is 6.93. The Morgan fingerprint density at radius 1 is 1.11 bits per heavy atom. The van der Waals surface area contributed by atoms with Crippen LogP contribution in [0, 0.1) is 5.92 Å². The maximum Gasteiger partial charge on any atom is 0.328 e. The van der Waals surface area contributed by atoms with E-state index in [2.05, 4.69) is 72.7 Å². The summed E-state index contributed by atoms with van der Waals surface area (Å²) in [4.78, 5) is 10.9. The second-order valence-corrected chi connectivity index (χ2v) is 10.6. The van der Waals surface area contributed by atoms with Gasteiger partial charge in [0.15, 0.2) is 0 Å². The van der Waals surface area contributed by atoms with Gasteiger partial charge in [0.1, 0.15) is 0 Å². The molecular weight excluding hydrogens is 344 g/mol. The van der Waals surface area contributed by atoms with E-state index in [-0.39, 0.29) is 16.2 Å². The zero-order chi connectivity index (χ0) is 21.3. The summed E-state index contributed by atoms with van der Waals surface area (Å²) in [6.45, 7) is 17.8. The smallest absolute Gasteiger partial charge is 0.328 e. The van der Waals surface area contributed by atoms with Crippen LogP contribution in [0.5, 0.6) is 0 Å². The molecular formula is C26H38O2. The van der Waals surface area contributed by atoms with E-state index in [0.717, 1.165) is 18.4 Å². The first-order valence-electron chi connectivity index (χ1n) is 10.6. The van der Waals surface area contributed by atoms with Crippen molar-refractivity contribution in [2.45, 2.75) is 90.9 Å². The molecule has 0 spiro atoms. The van der Waals surface area contributed by atoms with Crippen LogP contribution >= 0.6 is 0 Å². The Morgan fingerprint density at radius 2 is 1.64 bits per heavy atom. The molecule has 0 heterocycles. The molecule has 2 nitrogen and oxygen atoms in total. The highest BCUT2D eigenvalue weighted by Gasteiger charge is 2.53. The highest BCUT2D eigenvalue weighted by atomic mass is 16.4.